The Labute approximate surface area is 146 Å². The molecule has 2 heterocycles. The van der Waals surface area contributed by atoms with Crippen molar-refractivity contribution in [1.82, 2.24) is 9.71 Å². The van der Waals surface area contributed by atoms with Gasteiger partial charge in [0.15, 0.2) is 20.0 Å². The molecule has 2 aliphatic heterocycles. The second-order valence-electron chi connectivity index (χ2n) is 6.95. The number of nitro groups is 1. The predicted octanol–water partition coefficient (Wildman–Crippen LogP) is 0.841. The Bertz CT molecular complexity index is 703. The van der Waals surface area contributed by atoms with E-state index in [-0.39, 0.29) is 35.1 Å². The van der Waals surface area contributed by atoms with E-state index in [4.69, 9.17) is 4.74 Å². The Hall–Kier alpha value is -2.13. The largest absolute Gasteiger partial charge is 0.484 e. The Morgan fingerprint density at radius 2 is 2.00 bits per heavy atom. The number of nitro benzene ring substituents is 1. The Morgan fingerprint density at radius 1 is 1.36 bits per heavy atom. The first-order valence-corrected chi connectivity index (χ1v) is 8.48. The number of carbonyl (C=O) groups is 1. The molecule has 1 unspecified atom stereocenters. The van der Waals surface area contributed by atoms with Crippen molar-refractivity contribution in [2.24, 2.45) is 0 Å². The van der Waals surface area contributed by atoms with E-state index in [1.54, 1.807) is 13.8 Å². The highest BCUT2D eigenvalue weighted by molar-refractivity contribution is 6.04. The molecule has 1 N–H and O–H groups in total. The van der Waals surface area contributed by atoms with Gasteiger partial charge in [0.25, 0.3) is 5.91 Å². The third-order valence-electron chi connectivity index (χ3n) is 4.78. The van der Waals surface area contributed by atoms with Gasteiger partial charge >= 0.3 is 5.69 Å². The van der Waals surface area contributed by atoms with Crippen molar-refractivity contribution >= 4 is 19.6 Å². The number of benzene rings is 1. The van der Waals surface area contributed by atoms with Crippen LogP contribution in [-0.4, -0.2) is 58.9 Å². The number of ether oxygens (including phenoxy) is 1. The van der Waals surface area contributed by atoms with Gasteiger partial charge in [-0.05, 0) is 45.8 Å². The topological polar surface area (TPSA) is 96.2 Å². The maximum Gasteiger partial charge on any atom is 0.311 e. The molecule has 0 spiro atoms. The average molecular weight is 347 g/mol. The van der Waals surface area contributed by atoms with Crippen LogP contribution >= 0.6 is 0 Å². The lowest BCUT2D eigenvalue weighted by Crippen LogP contribution is -2.45. The number of piperidine rings is 1. The average Bonchev–Trinajstić information content (AvgIpc) is 2.78. The molecule has 3 rings (SSSR count). The van der Waals surface area contributed by atoms with E-state index in [9.17, 15) is 20.0 Å². The minimum Gasteiger partial charge on any atom is -0.484 e. The van der Waals surface area contributed by atoms with Gasteiger partial charge in [0.1, 0.15) is 0 Å². The number of hydrogen-bond donors (Lipinski definition) is 1. The molecule has 1 amide bonds. The lowest BCUT2D eigenvalue weighted by molar-refractivity contribution is -0.386. The Morgan fingerprint density at radius 3 is 2.56 bits per heavy atom. The number of hydrogen-bond acceptors (Lipinski definition) is 6. The lowest BCUT2D eigenvalue weighted by atomic mass is 10.0. The van der Waals surface area contributed by atoms with E-state index in [1.807, 2.05) is 7.98 Å². The molecule has 0 saturated carbocycles. The summed E-state index contributed by atoms with van der Waals surface area (Å²) in [6.45, 7) is 5.23. The Balaban J connectivity index is 1.96. The van der Waals surface area contributed by atoms with Gasteiger partial charge in [0.2, 0.25) is 0 Å². The van der Waals surface area contributed by atoms with Crippen molar-refractivity contribution in [3.8, 4) is 5.75 Å². The van der Waals surface area contributed by atoms with Gasteiger partial charge in [0, 0.05) is 17.7 Å². The molecular formula is C16H22BN3O5. The molecule has 0 aliphatic carbocycles. The van der Waals surface area contributed by atoms with E-state index in [1.165, 1.54) is 17.0 Å². The third-order valence-corrected chi connectivity index (χ3v) is 4.78. The fraction of sp³-hybridized carbons (Fsp3) is 0.562. The molecule has 1 atom stereocenters. The number of fused-ring (bicyclic) bond motifs is 1. The summed E-state index contributed by atoms with van der Waals surface area (Å²) >= 11 is 0. The van der Waals surface area contributed by atoms with Crippen LogP contribution in [-0.2, 0) is 0 Å². The van der Waals surface area contributed by atoms with Crippen LogP contribution in [0.1, 0.15) is 48.8 Å². The predicted molar refractivity (Wildman–Crippen MR) is 93.1 cm³/mol. The number of amides is 1. The highest BCUT2D eigenvalue weighted by Gasteiger charge is 2.42. The number of carbonyl (C=O) groups excluding carboxylic acids is 1. The number of nitrogens with zero attached hydrogens (tertiary/aromatic N) is 3. The second kappa shape index (κ2) is 6.64. The first kappa shape index (κ1) is 17.7. The molecule has 0 aromatic heterocycles. The maximum atomic E-state index is 12.8. The van der Waals surface area contributed by atoms with Crippen molar-refractivity contribution in [1.29, 1.82) is 0 Å². The van der Waals surface area contributed by atoms with Crippen molar-refractivity contribution in [3.63, 3.8) is 0 Å². The van der Waals surface area contributed by atoms with Crippen LogP contribution in [0.3, 0.4) is 0 Å². The van der Waals surface area contributed by atoms with Gasteiger partial charge < -0.3 is 19.6 Å². The first-order valence-electron chi connectivity index (χ1n) is 8.48. The summed E-state index contributed by atoms with van der Waals surface area (Å²) < 4.78 is 5.52. The van der Waals surface area contributed by atoms with E-state index < -0.39 is 11.2 Å². The van der Waals surface area contributed by atoms with Crippen LogP contribution in [0.15, 0.2) is 12.1 Å². The molecule has 1 saturated heterocycles. The van der Waals surface area contributed by atoms with Crippen LogP contribution in [0, 0.1) is 10.1 Å². The van der Waals surface area contributed by atoms with Crippen molar-refractivity contribution < 1.29 is 19.6 Å². The zero-order valence-electron chi connectivity index (χ0n) is 14.6. The van der Waals surface area contributed by atoms with Crippen molar-refractivity contribution in [3.05, 3.63) is 33.4 Å². The minimum atomic E-state index is -1.09. The molecule has 9 heteroatoms. The summed E-state index contributed by atoms with van der Waals surface area (Å²) in [7, 11) is 2.02. The van der Waals surface area contributed by atoms with E-state index in [2.05, 4.69) is 4.81 Å². The molecule has 0 bridgehead atoms. The first-order chi connectivity index (χ1) is 11.8. The van der Waals surface area contributed by atoms with Gasteiger partial charge in [-0.1, -0.05) is 0 Å². The zero-order valence-corrected chi connectivity index (χ0v) is 14.6. The smallest absolute Gasteiger partial charge is 0.311 e. The minimum absolute atomic E-state index is 0.0698. The van der Waals surface area contributed by atoms with E-state index >= 15 is 0 Å². The maximum absolute atomic E-state index is 12.8. The van der Waals surface area contributed by atoms with Crippen LogP contribution in [0.4, 0.5) is 5.69 Å². The summed E-state index contributed by atoms with van der Waals surface area (Å²) in [4.78, 5) is 27.2. The molecule has 134 valence electrons. The quantitative estimate of drug-likeness (QED) is 0.493. The van der Waals surface area contributed by atoms with Crippen LogP contribution in [0.2, 0.25) is 0 Å². The van der Waals surface area contributed by atoms with Crippen LogP contribution < -0.4 is 4.74 Å². The van der Waals surface area contributed by atoms with Gasteiger partial charge in [-0.25, -0.2) is 0 Å². The SMILES string of the molecule is BN1CCC(N2C(=O)c3cc([N+](=O)[O-])c(OC(C)C)cc3C2O)CC1. The van der Waals surface area contributed by atoms with Gasteiger partial charge in [-0.15, -0.1) is 0 Å². The molecule has 1 aromatic rings. The standard InChI is InChI=1S/C16H22BN3O5/c1-9(2)25-14-8-12-11(7-13(14)20(23)24)15(21)19(16(12)22)10-3-5-18(17)6-4-10/h7-10,16,22H,3-6,17H2,1-2H3. The van der Waals surface area contributed by atoms with Crippen LogP contribution in [0.5, 0.6) is 5.75 Å². The summed E-state index contributed by atoms with van der Waals surface area (Å²) in [5.41, 5.74) is 0.317. The third kappa shape index (κ3) is 3.21. The molecular weight excluding hydrogens is 325 g/mol. The number of aliphatic hydroxyl groups excluding tert-OH is 1. The molecule has 8 nitrogen and oxygen atoms in total. The fourth-order valence-electron chi connectivity index (χ4n) is 3.51. The molecule has 25 heavy (non-hydrogen) atoms. The number of rotatable bonds is 4. The van der Waals surface area contributed by atoms with Gasteiger partial charge in [-0.3, -0.25) is 14.9 Å². The molecule has 1 fully saturated rings. The molecule has 0 radical (unpaired) electrons. The monoisotopic (exact) mass is 347 g/mol. The van der Waals surface area contributed by atoms with Crippen molar-refractivity contribution in [2.75, 3.05) is 13.1 Å². The summed E-state index contributed by atoms with van der Waals surface area (Å²) in [5, 5.41) is 22.0. The summed E-state index contributed by atoms with van der Waals surface area (Å²) in [6.07, 6.45) is 0.192. The summed E-state index contributed by atoms with van der Waals surface area (Å²) in [6, 6.07) is 2.60. The van der Waals surface area contributed by atoms with E-state index in [0.717, 1.165) is 25.9 Å². The normalized spacial score (nSPS) is 21.7. The fourth-order valence-corrected chi connectivity index (χ4v) is 3.51. The lowest BCUT2D eigenvalue weighted by Gasteiger charge is -2.37. The van der Waals surface area contributed by atoms with E-state index in [0.29, 0.717) is 5.56 Å². The van der Waals surface area contributed by atoms with Gasteiger partial charge in [-0.2, -0.15) is 0 Å². The Kier molecular flexibility index (Phi) is 4.70. The second-order valence-corrected chi connectivity index (χ2v) is 6.95. The highest BCUT2D eigenvalue weighted by atomic mass is 16.6. The number of aliphatic hydroxyl groups is 1. The molecule has 2 aliphatic rings. The van der Waals surface area contributed by atoms with Crippen LogP contribution in [0.25, 0.3) is 0 Å². The van der Waals surface area contributed by atoms with Crippen molar-refractivity contribution in [2.45, 2.75) is 45.1 Å². The zero-order chi connectivity index (χ0) is 18.3. The van der Waals surface area contributed by atoms with Gasteiger partial charge in [0.05, 0.1) is 16.6 Å². The summed E-state index contributed by atoms with van der Waals surface area (Å²) in [5.74, 6) is -0.271. The molecule has 1 aromatic carbocycles. The highest BCUT2D eigenvalue weighted by Crippen LogP contribution is 2.41.